The number of carbonyl (C=O) groups excluding carboxylic acids is 4. The van der Waals surface area contributed by atoms with Gasteiger partial charge in [0.05, 0.1) is 11.8 Å². The van der Waals surface area contributed by atoms with Crippen LogP contribution in [0.1, 0.15) is 38.3 Å². The van der Waals surface area contributed by atoms with E-state index in [-0.39, 0.29) is 18.2 Å². The quantitative estimate of drug-likeness (QED) is 0.637. The third kappa shape index (κ3) is 2.21. The van der Waals surface area contributed by atoms with Crippen LogP contribution in [0.25, 0.3) is 0 Å². The second-order valence-electron chi connectivity index (χ2n) is 8.87. The van der Waals surface area contributed by atoms with Gasteiger partial charge in [-0.25, -0.2) is 0 Å². The lowest BCUT2D eigenvalue weighted by Gasteiger charge is -2.34. The third-order valence-electron chi connectivity index (χ3n) is 6.05. The van der Waals surface area contributed by atoms with Crippen LogP contribution in [0.15, 0.2) is 18.2 Å². The highest BCUT2D eigenvalue weighted by molar-refractivity contribution is 6.15. The van der Waals surface area contributed by atoms with Crippen LogP contribution < -0.4 is 16.4 Å². The summed E-state index contributed by atoms with van der Waals surface area (Å²) in [6, 6.07) is 4.78. The summed E-state index contributed by atoms with van der Waals surface area (Å²) in [6.07, 6.45) is -0.131. The average molecular weight is 384 g/mol. The highest BCUT2D eigenvalue weighted by atomic mass is 16.2. The van der Waals surface area contributed by atoms with Gasteiger partial charge in [-0.3, -0.25) is 29.4 Å². The fraction of sp³-hybridized carbons (Fsp3) is 0.500. The molecule has 4 atom stereocenters. The molecule has 0 aromatic heterocycles. The molecule has 0 saturated carbocycles. The lowest BCUT2D eigenvalue weighted by Crippen LogP contribution is -2.56. The van der Waals surface area contributed by atoms with E-state index < -0.39 is 40.8 Å². The summed E-state index contributed by atoms with van der Waals surface area (Å²) >= 11 is 0. The first kappa shape index (κ1) is 18.6. The Morgan fingerprint density at radius 2 is 1.89 bits per heavy atom. The summed E-state index contributed by atoms with van der Waals surface area (Å²) in [5.74, 6) is -3.48. The summed E-state index contributed by atoms with van der Waals surface area (Å²) < 4.78 is 0. The zero-order chi connectivity index (χ0) is 20.6. The number of nitrogens with zero attached hydrogens (tertiary/aromatic N) is 1. The number of hydrogen-bond donors (Lipinski definition) is 3. The summed E-state index contributed by atoms with van der Waals surface area (Å²) in [7, 11) is 0. The van der Waals surface area contributed by atoms with Crippen LogP contribution in [0.5, 0.6) is 0 Å². The number of carbonyl (C=O) groups is 4. The standard InChI is InChI=1S/C20H24N4O4/c1-9-6-5-7-10-15(9)22-18(28)20(10)14-13(11(23-20)8-12(21)25)16(26)24(17(14)27)19(2,3)4/h5-7,11,13-14,23H,8H2,1-4H3,(H2,21,25)(H,22,28). The Balaban J connectivity index is 1.93. The molecule has 4 amide bonds. The monoisotopic (exact) mass is 384 g/mol. The molecule has 28 heavy (non-hydrogen) atoms. The fourth-order valence-electron chi connectivity index (χ4n) is 5.03. The molecule has 2 fully saturated rings. The molecular weight excluding hydrogens is 360 g/mol. The van der Waals surface area contributed by atoms with E-state index in [4.69, 9.17) is 5.73 Å². The Hall–Kier alpha value is -2.74. The number of nitrogens with two attached hydrogens (primary N) is 1. The van der Waals surface area contributed by atoms with Crippen molar-refractivity contribution >= 4 is 29.3 Å². The van der Waals surface area contributed by atoms with Gasteiger partial charge >= 0.3 is 0 Å². The maximum atomic E-state index is 13.4. The molecule has 3 aliphatic heterocycles. The molecule has 4 N–H and O–H groups in total. The maximum absolute atomic E-state index is 13.4. The van der Waals surface area contributed by atoms with E-state index >= 15 is 0 Å². The van der Waals surface area contributed by atoms with Crippen molar-refractivity contribution < 1.29 is 19.2 Å². The Morgan fingerprint density at radius 1 is 1.21 bits per heavy atom. The number of fused-ring (bicyclic) bond motifs is 4. The van der Waals surface area contributed by atoms with Crippen molar-refractivity contribution in [2.45, 2.75) is 51.2 Å². The predicted molar refractivity (Wildman–Crippen MR) is 101 cm³/mol. The van der Waals surface area contributed by atoms with Gasteiger partial charge in [0.2, 0.25) is 23.6 Å². The molecule has 3 aliphatic rings. The summed E-state index contributed by atoms with van der Waals surface area (Å²) in [6.45, 7) is 7.20. The van der Waals surface area contributed by atoms with Crippen molar-refractivity contribution in [1.82, 2.24) is 10.2 Å². The minimum atomic E-state index is -1.39. The first-order chi connectivity index (χ1) is 13.0. The SMILES string of the molecule is Cc1cccc2c1NC(=O)C21NC(CC(N)=O)C2C(=O)N(C(C)(C)C)C(=O)C21. The van der Waals surface area contributed by atoms with Gasteiger partial charge < -0.3 is 11.1 Å². The zero-order valence-electron chi connectivity index (χ0n) is 16.3. The fourth-order valence-corrected chi connectivity index (χ4v) is 5.03. The van der Waals surface area contributed by atoms with E-state index in [1.807, 2.05) is 19.1 Å². The van der Waals surface area contributed by atoms with Crippen LogP contribution in [0, 0.1) is 18.8 Å². The van der Waals surface area contributed by atoms with Gasteiger partial charge in [-0.15, -0.1) is 0 Å². The van der Waals surface area contributed by atoms with Crippen LogP contribution in [0.3, 0.4) is 0 Å². The van der Waals surface area contributed by atoms with E-state index in [0.29, 0.717) is 11.3 Å². The van der Waals surface area contributed by atoms with Crippen LogP contribution in [0.2, 0.25) is 0 Å². The topological polar surface area (TPSA) is 122 Å². The normalized spacial score (nSPS) is 31.4. The first-order valence-corrected chi connectivity index (χ1v) is 9.35. The van der Waals surface area contributed by atoms with E-state index in [0.717, 1.165) is 5.56 Å². The second-order valence-corrected chi connectivity index (χ2v) is 8.87. The van der Waals surface area contributed by atoms with Gasteiger partial charge in [0.15, 0.2) is 0 Å². The van der Waals surface area contributed by atoms with Crippen molar-refractivity contribution in [3.05, 3.63) is 29.3 Å². The predicted octanol–water partition coefficient (Wildman–Crippen LogP) is 0.389. The number of hydrogen-bond acceptors (Lipinski definition) is 5. The largest absolute Gasteiger partial charge is 0.370 e. The number of primary amides is 1. The van der Waals surface area contributed by atoms with Gasteiger partial charge in [-0.05, 0) is 33.3 Å². The minimum absolute atomic E-state index is 0.131. The van der Waals surface area contributed by atoms with Gasteiger partial charge in [0.1, 0.15) is 5.54 Å². The molecule has 0 bridgehead atoms. The zero-order valence-corrected chi connectivity index (χ0v) is 16.3. The molecule has 1 aromatic carbocycles. The second kappa shape index (κ2) is 5.64. The number of aryl methyl sites for hydroxylation is 1. The molecule has 4 rings (SSSR count). The van der Waals surface area contributed by atoms with E-state index in [9.17, 15) is 19.2 Å². The number of para-hydroxylation sites is 1. The summed E-state index contributed by atoms with van der Waals surface area (Å²) in [5.41, 5.74) is 5.43. The number of amides is 4. The van der Waals surface area contributed by atoms with Crippen LogP contribution >= 0.6 is 0 Å². The maximum Gasteiger partial charge on any atom is 0.250 e. The lowest BCUT2D eigenvalue weighted by molar-refractivity contribution is -0.147. The van der Waals surface area contributed by atoms with Crippen LogP contribution in [-0.2, 0) is 24.7 Å². The van der Waals surface area contributed by atoms with E-state index in [2.05, 4.69) is 10.6 Å². The highest BCUT2D eigenvalue weighted by Crippen LogP contribution is 2.54. The molecule has 4 unspecified atom stereocenters. The van der Waals surface area contributed by atoms with E-state index in [1.54, 1.807) is 26.8 Å². The van der Waals surface area contributed by atoms with Crippen molar-refractivity contribution in [3.8, 4) is 0 Å². The van der Waals surface area contributed by atoms with Crippen LogP contribution in [-0.4, -0.2) is 40.1 Å². The Labute approximate surface area is 162 Å². The van der Waals surface area contributed by atoms with Crippen molar-refractivity contribution in [1.29, 1.82) is 0 Å². The molecule has 3 heterocycles. The Bertz CT molecular complexity index is 935. The van der Waals surface area contributed by atoms with Gasteiger partial charge in [-0.2, -0.15) is 0 Å². The van der Waals surface area contributed by atoms with Crippen molar-refractivity contribution in [2.75, 3.05) is 5.32 Å². The number of nitrogens with one attached hydrogen (secondary N) is 2. The van der Waals surface area contributed by atoms with E-state index in [1.165, 1.54) is 4.90 Å². The minimum Gasteiger partial charge on any atom is -0.370 e. The smallest absolute Gasteiger partial charge is 0.250 e. The third-order valence-corrected chi connectivity index (χ3v) is 6.05. The summed E-state index contributed by atoms with van der Waals surface area (Å²) in [4.78, 5) is 52.8. The molecule has 8 heteroatoms. The molecule has 1 aromatic rings. The Morgan fingerprint density at radius 3 is 2.50 bits per heavy atom. The van der Waals surface area contributed by atoms with Gasteiger partial charge in [0, 0.05) is 29.3 Å². The first-order valence-electron chi connectivity index (χ1n) is 9.35. The Kier molecular flexibility index (Phi) is 3.75. The van der Waals surface area contributed by atoms with Gasteiger partial charge in [-0.1, -0.05) is 18.2 Å². The number of anilines is 1. The number of likely N-dealkylation sites (tertiary alicyclic amines) is 1. The van der Waals surface area contributed by atoms with Gasteiger partial charge in [0.25, 0.3) is 0 Å². The number of imide groups is 1. The highest BCUT2D eigenvalue weighted by Gasteiger charge is 2.71. The molecule has 2 saturated heterocycles. The molecule has 1 spiro atoms. The average Bonchev–Trinajstić information content (AvgIpc) is 3.13. The number of rotatable bonds is 2. The van der Waals surface area contributed by atoms with Crippen LogP contribution in [0.4, 0.5) is 5.69 Å². The number of benzene rings is 1. The lowest BCUT2D eigenvalue weighted by atomic mass is 9.76. The summed E-state index contributed by atoms with van der Waals surface area (Å²) in [5, 5.41) is 6.06. The van der Waals surface area contributed by atoms with Crippen molar-refractivity contribution in [2.24, 2.45) is 17.6 Å². The molecule has 0 radical (unpaired) electrons. The molecular formula is C20H24N4O4. The molecule has 8 nitrogen and oxygen atoms in total. The molecule has 0 aliphatic carbocycles. The van der Waals surface area contributed by atoms with Crippen molar-refractivity contribution in [3.63, 3.8) is 0 Å². The molecule has 148 valence electrons.